The molecule has 0 bridgehead atoms. The second-order valence-corrected chi connectivity index (χ2v) is 4.42. The highest BCUT2D eigenvalue weighted by molar-refractivity contribution is 5.78. The molecule has 1 amide bonds. The van der Waals surface area contributed by atoms with Gasteiger partial charge in [0.15, 0.2) is 0 Å². The third-order valence-electron chi connectivity index (χ3n) is 3.15. The van der Waals surface area contributed by atoms with Crippen molar-refractivity contribution in [3.63, 3.8) is 0 Å². The molecule has 1 saturated heterocycles. The molecule has 1 heterocycles. The number of nitrogens with zero attached hydrogens (tertiary/aromatic N) is 1. The van der Waals surface area contributed by atoms with Crippen LogP contribution in [0.5, 0.6) is 0 Å². The van der Waals surface area contributed by atoms with Crippen LogP contribution in [0.15, 0.2) is 0 Å². The van der Waals surface area contributed by atoms with E-state index in [-0.39, 0.29) is 17.4 Å². The van der Waals surface area contributed by atoms with Crippen LogP contribution < -0.4 is 10.6 Å². The smallest absolute Gasteiger partial charge is 0.221 e. The molecule has 4 nitrogen and oxygen atoms in total. The molecule has 2 fully saturated rings. The maximum absolute atomic E-state index is 10.9. The molecule has 1 saturated carbocycles. The van der Waals surface area contributed by atoms with Crippen molar-refractivity contribution >= 4 is 5.91 Å². The van der Waals surface area contributed by atoms with Gasteiger partial charge in [-0.3, -0.25) is 4.79 Å². The Bertz CT molecular complexity index is 278. The van der Waals surface area contributed by atoms with E-state index in [1.54, 1.807) is 0 Å². The zero-order valence-electron chi connectivity index (χ0n) is 8.18. The number of hydrogen-bond donors (Lipinski definition) is 2. The molecule has 2 rings (SSSR count). The summed E-state index contributed by atoms with van der Waals surface area (Å²) < 4.78 is 0. The Morgan fingerprint density at radius 2 is 2.43 bits per heavy atom. The van der Waals surface area contributed by atoms with E-state index < -0.39 is 0 Å². The Labute approximate surface area is 83.7 Å². The second-order valence-electron chi connectivity index (χ2n) is 4.42. The lowest BCUT2D eigenvalue weighted by Crippen LogP contribution is -2.35. The van der Waals surface area contributed by atoms with Gasteiger partial charge in [-0.05, 0) is 18.3 Å². The van der Waals surface area contributed by atoms with Crippen molar-refractivity contribution in [1.82, 2.24) is 10.6 Å². The second kappa shape index (κ2) is 3.58. The van der Waals surface area contributed by atoms with Crippen LogP contribution >= 0.6 is 0 Å². The minimum absolute atomic E-state index is 0.132. The molecule has 14 heavy (non-hydrogen) atoms. The molecular formula is C10H15N3O. The van der Waals surface area contributed by atoms with Gasteiger partial charge in [0, 0.05) is 32.0 Å². The lowest BCUT2D eigenvalue weighted by Gasteiger charge is -2.15. The Hall–Kier alpha value is -1.08. The fourth-order valence-electron chi connectivity index (χ4n) is 1.87. The van der Waals surface area contributed by atoms with E-state index in [9.17, 15) is 4.79 Å². The number of carbonyl (C=O) groups is 1. The van der Waals surface area contributed by atoms with Gasteiger partial charge in [-0.1, -0.05) is 0 Å². The highest BCUT2D eigenvalue weighted by atomic mass is 16.1. The molecule has 2 N–H and O–H groups in total. The van der Waals surface area contributed by atoms with Gasteiger partial charge in [-0.25, -0.2) is 0 Å². The van der Waals surface area contributed by atoms with Crippen molar-refractivity contribution in [2.24, 2.45) is 5.41 Å². The van der Waals surface area contributed by atoms with Crippen LogP contribution in [0.1, 0.15) is 25.7 Å². The summed E-state index contributed by atoms with van der Waals surface area (Å²) in [6.07, 6.45) is 3.54. The molecule has 1 atom stereocenters. The topological polar surface area (TPSA) is 64.9 Å². The maximum Gasteiger partial charge on any atom is 0.221 e. The van der Waals surface area contributed by atoms with Crippen LogP contribution in [0.25, 0.3) is 0 Å². The summed E-state index contributed by atoms with van der Waals surface area (Å²) in [5.41, 5.74) is 0.236. The first-order valence-electron chi connectivity index (χ1n) is 5.11. The normalized spacial score (nSPS) is 28.2. The van der Waals surface area contributed by atoms with E-state index in [1.165, 1.54) is 0 Å². The van der Waals surface area contributed by atoms with Crippen LogP contribution in [-0.2, 0) is 4.79 Å². The maximum atomic E-state index is 10.9. The van der Waals surface area contributed by atoms with Crippen molar-refractivity contribution in [2.45, 2.75) is 31.7 Å². The van der Waals surface area contributed by atoms with Crippen LogP contribution in [0.3, 0.4) is 0 Å². The molecule has 0 aromatic carbocycles. The average molecular weight is 193 g/mol. The standard InChI is InChI=1S/C10H15N3O/c11-4-3-10(1-2-10)7-13-8-5-9(14)12-6-8/h8,13H,1-3,5-7H2,(H,12,14). The predicted octanol–water partition coefficient (Wildman–Crippen LogP) is 0.158. The molecule has 1 aliphatic carbocycles. The first-order valence-corrected chi connectivity index (χ1v) is 5.11. The molecular weight excluding hydrogens is 178 g/mol. The lowest BCUT2D eigenvalue weighted by molar-refractivity contribution is -0.119. The number of nitrogens with one attached hydrogen (secondary N) is 2. The van der Waals surface area contributed by atoms with E-state index >= 15 is 0 Å². The number of carbonyl (C=O) groups excluding carboxylic acids is 1. The minimum atomic E-state index is 0.132. The zero-order chi connectivity index (χ0) is 10.0. The third kappa shape index (κ3) is 2.05. The van der Waals surface area contributed by atoms with E-state index in [1.807, 2.05) is 0 Å². The van der Waals surface area contributed by atoms with E-state index in [0.717, 1.165) is 25.9 Å². The first kappa shape index (κ1) is 9.47. The Balaban J connectivity index is 1.72. The SMILES string of the molecule is N#CCC1(CNC2CNC(=O)C2)CC1. The molecule has 1 unspecified atom stereocenters. The van der Waals surface area contributed by atoms with E-state index in [0.29, 0.717) is 12.8 Å². The van der Waals surface area contributed by atoms with Gasteiger partial charge in [0.1, 0.15) is 0 Å². The highest BCUT2D eigenvalue weighted by Crippen LogP contribution is 2.47. The van der Waals surface area contributed by atoms with E-state index in [4.69, 9.17) is 5.26 Å². The van der Waals surface area contributed by atoms with Crippen molar-refractivity contribution in [1.29, 1.82) is 5.26 Å². The molecule has 1 aliphatic heterocycles. The summed E-state index contributed by atoms with van der Waals surface area (Å²) in [5.74, 6) is 0.132. The molecule has 2 aliphatic rings. The van der Waals surface area contributed by atoms with Gasteiger partial charge >= 0.3 is 0 Å². The lowest BCUT2D eigenvalue weighted by atomic mass is 10.0. The van der Waals surface area contributed by atoms with Crippen LogP contribution in [0.2, 0.25) is 0 Å². The summed E-state index contributed by atoms with van der Waals surface area (Å²) in [6, 6.07) is 2.51. The van der Waals surface area contributed by atoms with Gasteiger partial charge in [-0.2, -0.15) is 5.26 Å². The fourth-order valence-corrected chi connectivity index (χ4v) is 1.87. The van der Waals surface area contributed by atoms with Gasteiger partial charge in [0.2, 0.25) is 5.91 Å². The van der Waals surface area contributed by atoms with Gasteiger partial charge in [-0.15, -0.1) is 0 Å². The molecule has 0 spiro atoms. The van der Waals surface area contributed by atoms with Crippen LogP contribution in [-0.4, -0.2) is 25.0 Å². The summed E-state index contributed by atoms with van der Waals surface area (Å²) in [7, 11) is 0. The number of rotatable bonds is 4. The predicted molar refractivity (Wildman–Crippen MR) is 51.3 cm³/mol. The summed E-state index contributed by atoms with van der Waals surface area (Å²) in [6.45, 7) is 1.63. The van der Waals surface area contributed by atoms with Gasteiger partial charge < -0.3 is 10.6 Å². The van der Waals surface area contributed by atoms with Crippen LogP contribution in [0, 0.1) is 16.7 Å². The third-order valence-corrected chi connectivity index (χ3v) is 3.15. The minimum Gasteiger partial charge on any atom is -0.354 e. The van der Waals surface area contributed by atoms with Crippen molar-refractivity contribution in [3.8, 4) is 6.07 Å². The Morgan fingerprint density at radius 1 is 1.64 bits per heavy atom. The molecule has 4 heteroatoms. The van der Waals surface area contributed by atoms with Gasteiger partial charge in [0.05, 0.1) is 6.07 Å². The Kier molecular flexibility index (Phi) is 2.42. The van der Waals surface area contributed by atoms with Crippen molar-refractivity contribution in [2.75, 3.05) is 13.1 Å². The average Bonchev–Trinajstić information content (AvgIpc) is 2.80. The molecule has 0 aromatic heterocycles. The van der Waals surface area contributed by atoms with Crippen LogP contribution in [0.4, 0.5) is 0 Å². The zero-order valence-corrected chi connectivity index (χ0v) is 8.18. The van der Waals surface area contributed by atoms with Crippen molar-refractivity contribution < 1.29 is 4.79 Å². The molecule has 76 valence electrons. The largest absolute Gasteiger partial charge is 0.354 e. The summed E-state index contributed by atoms with van der Waals surface area (Å²) >= 11 is 0. The fraction of sp³-hybridized carbons (Fsp3) is 0.800. The quantitative estimate of drug-likeness (QED) is 0.668. The number of hydrogen-bond acceptors (Lipinski definition) is 3. The summed E-state index contributed by atoms with van der Waals surface area (Å²) in [4.78, 5) is 10.9. The van der Waals surface area contributed by atoms with E-state index in [2.05, 4.69) is 16.7 Å². The highest BCUT2D eigenvalue weighted by Gasteiger charge is 2.42. The monoisotopic (exact) mass is 193 g/mol. The van der Waals surface area contributed by atoms with Crippen molar-refractivity contribution in [3.05, 3.63) is 0 Å². The Morgan fingerprint density at radius 3 is 2.93 bits per heavy atom. The number of amides is 1. The first-order chi connectivity index (χ1) is 6.74. The molecule has 0 aromatic rings. The molecule has 0 radical (unpaired) electrons. The summed E-state index contributed by atoms with van der Waals surface area (Å²) in [5, 5.41) is 14.8. The van der Waals surface area contributed by atoms with Gasteiger partial charge in [0.25, 0.3) is 0 Å². The number of nitriles is 1.